The molecule has 0 amide bonds. The van der Waals surface area contributed by atoms with Crippen LogP contribution < -0.4 is 5.69 Å². The van der Waals surface area contributed by atoms with E-state index in [0.717, 1.165) is 17.5 Å². The summed E-state index contributed by atoms with van der Waals surface area (Å²) in [5.41, 5.74) is 3.18. The molecule has 3 rings (SSSR count). The van der Waals surface area contributed by atoms with Gasteiger partial charge in [0.1, 0.15) is 5.69 Å². The van der Waals surface area contributed by atoms with E-state index >= 15 is 0 Å². The minimum atomic E-state index is -0.990. The van der Waals surface area contributed by atoms with Gasteiger partial charge in [-0.05, 0) is 41.5 Å². The van der Waals surface area contributed by atoms with Gasteiger partial charge in [-0.15, -0.1) is 0 Å². The summed E-state index contributed by atoms with van der Waals surface area (Å²) in [6, 6.07) is 14.3. The van der Waals surface area contributed by atoms with E-state index in [4.69, 9.17) is 9.47 Å². The molecule has 0 fully saturated rings. The van der Waals surface area contributed by atoms with E-state index in [0.29, 0.717) is 29.3 Å². The topological polar surface area (TPSA) is 99.8 Å². The number of imidazole rings is 1. The normalized spacial score (nSPS) is 11.4. The van der Waals surface area contributed by atoms with Gasteiger partial charge in [0, 0.05) is 26.3 Å². The van der Waals surface area contributed by atoms with Crippen LogP contribution in [0.5, 0.6) is 0 Å². The number of rotatable bonds is 11. The van der Waals surface area contributed by atoms with Gasteiger partial charge in [0.25, 0.3) is 0 Å². The molecule has 0 aliphatic carbocycles. The first-order chi connectivity index (χ1) is 17.2. The summed E-state index contributed by atoms with van der Waals surface area (Å²) in [7, 11) is 2.97. The van der Waals surface area contributed by atoms with E-state index in [-0.39, 0.29) is 24.4 Å². The quantitative estimate of drug-likeness (QED) is 0.377. The minimum Gasteiger partial charge on any atom is -0.478 e. The second-order valence-corrected chi connectivity index (χ2v) is 9.07. The molecule has 192 valence electrons. The van der Waals surface area contributed by atoms with Gasteiger partial charge in [0.2, 0.25) is 12.2 Å². The van der Waals surface area contributed by atoms with Crippen molar-refractivity contribution < 1.29 is 24.2 Å². The van der Waals surface area contributed by atoms with Crippen LogP contribution in [0, 0.1) is 5.92 Å². The first-order valence-electron chi connectivity index (χ1n) is 12.1. The molecule has 36 heavy (non-hydrogen) atoms. The maximum absolute atomic E-state index is 13.5. The fourth-order valence-electron chi connectivity index (χ4n) is 4.31. The average molecular weight is 495 g/mol. The number of hydrogen-bond donors (Lipinski definition) is 1. The Labute approximate surface area is 211 Å². The number of aromatic carboxylic acids is 1. The molecule has 0 saturated carbocycles. The van der Waals surface area contributed by atoms with Crippen molar-refractivity contribution in [1.29, 1.82) is 0 Å². The number of carbonyl (C=O) groups excluding carboxylic acids is 1. The van der Waals surface area contributed by atoms with Crippen LogP contribution in [0.3, 0.4) is 0 Å². The Morgan fingerprint density at radius 1 is 1.00 bits per heavy atom. The fourth-order valence-corrected chi connectivity index (χ4v) is 4.31. The van der Waals surface area contributed by atoms with Crippen LogP contribution in [0.15, 0.2) is 53.3 Å². The van der Waals surface area contributed by atoms with Crippen LogP contribution in [-0.4, -0.2) is 40.3 Å². The minimum absolute atomic E-state index is 0.165. The van der Waals surface area contributed by atoms with Gasteiger partial charge in [0.15, 0.2) is 0 Å². The van der Waals surface area contributed by atoms with Crippen molar-refractivity contribution >= 4 is 11.9 Å². The Hall–Kier alpha value is -3.49. The molecule has 1 heterocycles. The molecule has 0 radical (unpaired) electrons. The van der Waals surface area contributed by atoms with Gasteiger partial charge in [-0.3, -0.25) is 9.36 Å². The van der Waals surface area contributed by atoms with Crippen LogP contribution in [0.4, 0.5) is 0 Å². The first-order valence-corrected chi connectivity index (χ1v) is 12.1. The third-order valence-electron chi connectivity index (χ3n) is 6.21. The van der Waals surface area contributed by atoms with Gasteiger partial charge in [-0.25, -0.2) is 14.2 Å². The molecule has 8 nitrogen and oxygen atoms in total. The number of carbonyl (C=O) groups is 2. The number of hydrogen-bond acceptors (Lipinski definition) is 5. The molecule has 0 atom stereocenters. The molecule has 0 aliphatic rings. The summed E-state index contributed by atoms with van der Waals surface area (Å²) in [6.07, 6.45) is 0.714. The zero-order valence-electron chi connectivity index (χ0n) is 21.5. The Bertz CT molecular complexity index is 1270. The van der Waals surface area contributed by atoms with E-state index in [1.54, 1.807) is 35.8 Å². The Kier molecular flexibility index (Phi) is 9.01. The van der Waals surface area contributed by atoms with Crippen LogP contribution >= 0.6 is 0 Å². The monoisotopic (exact) mass is 494 g/mol. The van der Waals surface area contributed by atoms with E-state index < -0.39 is 17.9 Å². The second-order valence-electron chi connectivity index (χ2n) is 9.07. The van der Waals surface area contributed by atoms with Crippen molar-refractivity contribution in [3.63, 3.8) is 0 Å². The first kappa shape index (κ1) is 27.1. The molecule has 0 aliphatic heterocycles. The van der Waals surface area contributed by atoms with Crippen LogP contribution in [0.1, 0.15) is 72.0 Å². The lowest BCUT2D eigenvalue weighted by Crippen LogP contribution is -2.31. The number of carboxylic acid groups (broad SMARTS) is 1. The predicted molar refractivity (Wildman–Crippen MR) is 137 cm³/mol. The summed E-state index contributed by atoms with van der Waals surface area (Å²) in [5, 5.41) is 9.52. The maximum atomic E-state index is 13.5. The molecule has 2 aromatic carbocycles. The molecule has 1 aromatic heterocycles. The largest absolute Gasteiger partial charge is 0.478 e. The Morgan fingerprint density at radius 3 is 2.19 bits per heavy atom. The Morgan fingerprint density at radius 2 is 1.64 bits per heavy atom. The molecule has 1 N–H and O–H groups in total. The third-order valence-corrected chi connectivity index (χ3v) is 6.21. The lowest BCUT2D eigenvalue weighted by Gasteiger charge is -2.18. The van der Waals surface area contributed by atoms with Crippen molar-refractivity contribution in [3.8, 4) is 11.1 Å². The summed E-state index contributed by atoms with van der Waals surface area (Å²) in [6.45, 7) is 6.18. The standard InChI is InChI=1S/C28H34N2O6/c1-6-24(31)30-25(27(35-4)36-5)23(16-11-18(2)3)29(28(30)34)17-19-12-14-20(15-13-19)21-9-7-8-10-22(21)26(32)33/h7-10,12-15,18,27H,6,11,16-17H2,1-5H3,(H,32,33). The highest BCUT2D eigenvalue weighted by atomic mass is 16.7. The summed E-state index contributed by atoms with van der Waals surface area (Å²) in [4.78, 5) is 38.0. The molecule has 3 aromatic rings. The fraction of sp³-hybridized carbons (Fsp3) is 0.393. The molecular weight excluding hydrogens is 460 g/mol. The van der Waals surface area contributed by atoms with E-state index in [1.165, 1.54) is 18.8 Å². The van der Waals surface area contributed by atoms with Gasteiger partial charge in [-0.2, -0.15) is 0 Å². The maximum Gasteiger partial charge on any atom is 0.336 e. The van der Waals surface area contributed by atoms with Gasteiger partial charge >= 0.3 is 11.7 Å². The molecule has 0 spiro atoms. The molecule has 0 bridgehead atoms. The lowest BCUT2D eigenvalue weighted by atomic mass is 9.98. The van der Waals surface area contributed by atoms with Crippen molar-refractivity contribution in [2.75, 3.05) is 14.2 Å². The average Bonchev–Trinajstić information content (AvgIpc) is 3.14. The van der Waals surface area contributed by atoms with Crippen LogP contribution in [-0.2, 0) is 22.4 Å². The molecule has 0 unspecified atom stereocenters. The Balaban J connectivity index is 2.09. The summed E-state index contributed by atoms with van der Waals surface area (Å²) >= 11 is 0. The number of benzene rings is 2. The van der Waals surface area contributed by atoms with Crippen molar-refractivity contribution in [2.45, 2.75) is 52.9 Å². The third kappa shape index (κ3) is 5.66. The smallest absolute Gasteiger partial charge is 0.336 e. The zero-order chi connectivity index (χ0) is 26.4. The number of aromatic nitrogens is 2. The number of ether oxygens (including phenoxy) is 2. The van der Waals surface area contributed by atoms with Crippen molar-refractivity contribution in [3.05, 3.63) is 81.5 Å². The summed E-state index contributed by atoms with van der Waals surface area (Å²) < 4.78 is 13.8. The van der Waals surface area contributed by atoms with Gasteiger partial charge in [0.05, 0.1) is 12.1 Å². The van der Waals surface area contributed by atoms with Crippen LogP contribution in [0.2, 0.25) is 0 Å². The highest BCUT2D eigenvalue weighted by Crippen LogP contribution is 2.27. The molecule has 8 heteroatoms. The van der Waals surface area contributed by atoms with E-state index in [1.807, 2.05) is 24.3 Å². The van der Waals surface area contributed by atoms with Crippen LogP contribution in [0.25, 0.3) is 11.1 Å². The van der Waals surface area contributed by atoms with Crippen molar-refractivity contribution in [1.82, 2.24) is 9.13 Å². The zero-order valence-corrected chi connectivity index (χ0v) is 21.5. The number of carboxylic acids is 1. The number of methoxy groups -OCH3 is 2. The SMILES string of the molecule is CCC(=O)n1c(C(OC)OC)c(CCC(C)C)n(Cc2ccc(-c3ccccc3C(=O)O)cc2)c1=O. The number of nitrogens with zero attached hydrogens (tertiary/aromatic N) is 2. The van der Waals surface area contributed by atoms with Gasteiger partial charge < -0.3 is 14.6 Å². The lowest BCUT2D eigenvalue weighted by molar-refractivity contribution is -0.110. The predicted octanol–water partition coefficient (Wildman–Crippen LogP) is 4.99. The van der Waals surface area contributed by atoms with Crippen molar-refractivity contribution in [2.24, 2.45) is 5.92 Å². The van der Waals surface area contributed by atoms with Gasteiger partial charge in [-0.1, -0.05) is 63.2 Å². The summed E-state index contributed by atoms with van der Waals surface area (Å²) in [5.74, 6) is -0.917. The van der Waals surface area contributed by atoms with E-state index in [2.05, 4.69) is 13.8 Å². The van der Waals surface area contributed by atoms with E-state index in [9.17, 15) is 19.5 Å². The highest BCUT2D eigenvalue weighted by molar-refractivity contribution is 5.96. The highest BCUT2D eigenvalue weighted by Gasteiger charge is 2.29. The second kappa shape index (κ2) is 12.0. The molecule has 0 saturated heterocycles. The molecular formula is C28H34N2O6.